The molecule has 88 valence electrons. The summed E-state index contributed by atoms with van der Waals surface area (Å²) in [7, 11) is -4.19. The van der Waals surface area contributed by atoms with Crippen LogP contribution in [0.5, 0.6) is 0 Å². The van der Waals surface area contributed by atoms with Crippen LogP contribution in [0, 0.1) is 0 Å². The fourth-order valence-corrected chi connectivity index (χ4v) is 1.50. The predicted octanol–water partition coefficient (Wildman–Crippen LogP) is 1.19. The quantitative estimate of drug-likeness (QED) is 0.564. The van der Waals surface area contributed by atoms with Crippen LogP contribution in [-0.4, -0.2) is 24.1 Å². The maximum absolute atomic E-state index is 11.2. The lowest BCUT2D eigenvalue weighted by atomic mass is 10.3. The van der Waals surface area contributed by atoms with Gasteiger partial charge in [0.15, 0.2) is 0 Å². The van der Waals surface area contributed by atoms with E-state index >= 15 is 0 Å². The number of thiol groups is 1. The monoisotopic (exact) mass is 261 g/mol. The summed E-state index contributed by atoms with van der Waals surface area (Å²) in [5.41, 5.74) is 0.443. The highest BCUT2D eigenvalue weighted by molar-refractivity contribution is 7.85. The molecular formula is C9H11NO4S2. The average Bonchev–Trinajstić information content (AvgIpc) is 2.17. The van der Waals surface area contributed by atoms with Gasteiger partial charge in [0.05, 0.1) is 10.1 Å². The maximum Gasteiger partial charge on any atom is 0.294 e. The molecular weight excluding hydrogens is 250 g/mol. The van der Waals surface area contributed by atoms with Crippen molar-refractivity contribution < 1.29 is 17.8 Å². The number of carbonyl (C=O) groups is 1. The second-order valence-electron chi connectivity index (χ2n) is 3.16. The lowest BCUT2D eigenvalue weighted by Crippen LogP contribution is -2.20. The molecule has 0 saturated heterocycles. The number of anilines is 1. The standard InChI is InChI=1S/C9H11NO4S2/c1-6(15)9(11)10-7-2-4-8(5-3-7)16(12,13)14/h2-6,15H,1H3,(H,10,11)(H,12,13,14). The first-order chi connectivity index (χ1) is 7.30. The van der Waals surface area contributed by atoms with Gasteiger partial charge < -0.3 is 5.32 Å². The molecule has 0 fully saturated rings. The van der Waals surface area contributed by atoms with Crippen LogP contribution in [0.2, 0.25) is 0 Å². The van der Waals surface area contributed by atoms with Crippen molar-refractivity contribution in [3.05, 3.63) is 24.3 Å². The second kappa shape index (κ2) is 4.86. The number of hydrogen-bond donors (Lipinski definition) is 3. The van der Waals surface area contributed by atoms with E-state index in [9.17, 15) is 13.2 Å². The van der Waals surface area contributed by atoms with Gasteiger partial charge in [-0.1, -0.05) is 0 Å². The van der Waals surface area contributed by atoms with Crippen molar-refractivity contribution in [1.82, 2.24) is 0 Å². The highest BCUT2D eigenvalue weighted by Crippen LogP contribution is 2.14. The summed E-state index contributed by atoms with van der Waals surface area (Å²) >= 11 is 3.94. The van der Waals surface area contributed by atoms with E-state index in [2.05, 4.69) is 17.9 Å². The molecule has 0 aliphatic heterocycles. The summed E-state index contributed by atoms with van der Waals surface area (Å²) in [6, 6.07) is 5.18. The number of benzene rings is 1. The molecule has 1 unspecified atom stereocenters. The Balaban J connectivity index is 2.84. The molecule has 0 radical (unpaired) electrons. The Morgan fingerprint density at radius 2 is 1.88 bits per heavy atom. The number of nitrogens with one attached hydrogen (secondary N) is 1. The number of hydrogen-bond acceptors (Lipinski definition) is 4. The zero-order valence-corrected chi connectivity index (χ0v) is 10.1. The third-order valence-electron chi connectivity index (χ3n) is 1.80. The van der Waals surface area contributed by atoms with Crippen molar-refractivity contribution in [3.63, 3.8) is 0 Å². The van der Waals surface area contributed by atoms with E-state index in [1.54, 1.807) is 6.92 Å². The van der Waals surface area contributed by atoms with E-state index in [-0.39, 0.29) is 10.8 Å². The van der Waals surface area contributed by atoms with Crippen molar-refractivity contribution >= 4 is 34.3 Å². The van der Waals surface area contributed by atoms with Crippen LogP contribution in [0.25, 0.3) is 0 Å². The second-order valence-corrected chi connectivity index (χ2v) is 5.36. The zero-order chi connectivity index (χ0) is 12.3. The fraction of sp³-hybridized carbons (Fsp3) is 0.222. The smallest absolute Gasteiger partial charge is 0.294 e. The van der Waals surface area contributed by atoms with Crippen molar-refractivity contribution in [1.29, 1.82) is 0 Å². The predicted molar refractivity (Wildman–Crippen MR) is 63.3 cm³/mol. The van der Waals surface area contributed by atoms with E-state index < -0.39 is 15.4 Å². The van der Waals surface area contributed by atoms with Crippen LogP contribution in [0.3, 0.4) is 0 Å². The van der Waals surface area contributed by atoms with Crippen molar-refractivity contribution in [2.45, 2.75) is 17.1 Å². The third kappa shape index (κ3) is 3.51. The van der Waals surface area contributed by atoms with Gasteiger partial charge in [-0.15, -0.1) is 0 Å². The van der Waals surface area contributed by atoms with Crippen LogP contribution in [0.15, 0.2) is 29.2 Å². The van der Waals surface area contributed by atoms with E-state index in [4.69, 9.17) is 4.55 Å². The summed E-state index contributed by atoms with van der Waals surface area (Å²) in [5, 5.41) is 2.07. The summed E-state index contributed by atoms with van der Waals surface area (Å²) in [6.45, 7) is 1.62. The van der Waals surface area contributed by atoms with Crippen LogP contribution < -0.4 is 5.32 Å². The van der Waals surface area contributed by atoms with E-state index in [0.29, 0.717) is 5.69 Å². The van der Waals surface area contributed by atoms with Gasteiger partial charge in [-0.3, -0.25) is 9.35 Å². The molecule has 0 spiro atoms. The first-order valence-corrected chi connectivity index (χ1v) is 6.33. The van der Waals surface area contributed by atoms with Crippen LogP contribution in [0.4, 0.5) is 5.69 Å². The van der Waals surface area contributed by atoms with Gasteiger partial charge in [-0.2, -0.15) is 21.0 Å². The number of carbonyl (C=O) groups excluding carboxylic acids is 1. The molecule has 1 atom stereocenters. The molecule has 5 nitrogen and oxygen atoms in total. The molecule has 0 aromatic heterocycles. The Hall–Kier alpha value is -1.05. The summed E-state index contributed by atoms with van der Waals surface area (Å²) < 4.78 is 30.2. The third-order valence-corrected chi connectivity index (χ3v) is 2.90. The van der Waals surface area contributed by atoms with Gasteiger partial charge in [-0.25, -0.2) is 0 Å². The Morgan fingerprint density at radius 1 is 1.38 bits per heavy atom. The van der Waals surface area contributed by atoms with Gasteiger partial charge in [-0.05, 0) is 31.2 Å². The Kier molecular flexibility index (Phi) is 3.95. The van der Waals surface area contributed by atoms with Crippen molar-refractivity contribution in [2.24, 2.45) is 0 Å². The largest absolute Gasteiger partial charge is 0.325 e. The molecule has 0 heterocycles. The molecule has 1 rings (SSSR count). The van der Waals surface area contributed by atoms with Gasteiger partial charge in [0.2, 0.25) is 5.91 Å². The summed E-state index contributed by atoms with van der Waals surface area (Å²) in [4.78, 5) is 11.0. The van der Waals surface area contributed by atoms with Crippen molar-refractivity contribution in [2.75, 3.05) is 5.32 Å². The number of amides is 1. The van der Waals surface area contributed by atoms with Crippen LogP contribution >= 0.6 is 12.6 Å². The normalized spacial score (nSPS) is 13.2. The highest BCUT2D eigenvalue weighted by atomic mass is 32.2. The molecule has 0 aliphatic rings. The molecule has 0 saturated carbocycles. The molecule has 16 heavy (non-hydrogen) atoms. The molecule has 0 aliphatic carbocycles. The molecule has 1 amide bonds. The van der Waals surface area contributed by atoms with Crippen molar-refractivity contribution in [3.8, 4) is 0 Å². The molecule has 1 aromatic carbocycles. The van der Waals surface area contributed by atoms with E-state index in [0.717, 1.165) is 0 Å². The molecule has 1 aromatic rings. The highest BCUT2D eigenvalue weighted by Gasteiger charge is 2.10. The summed E-state index contributed by atoms with van der Waals surface area (Å²) in [6.07, 6.45) is 0. The lowest BCUT2D eigenvalue weighted by molar-refractivity contribution is -0.115. The first-order valence-electron chi connectivity index (χ1n) is 4.37. The minimum absolute atomic E-state index is 0.218. The van der Waals surface area contributed by atoms with Gasteiger partial charge in [0.1, 0.15) is 0 Å². The Labute approximate surface area is 99.0 Å². The van der Waals surface area contributed by atoms with Crippen LogP contribution in [-0.2, 0) is 14.9 Å². The minimum atomic E-state index is -4.19. The number of rotatable bonds is 3. The Morgan fingerprint density at radius 3 is 2.25 bits per heavy atom. The van der Waals surface area contributed by atoms with Gasteiger partial charge in [0, 0.05) is 5.69 Å². The average molecular weight is 261 g/mol. The Bertz CT molecular complexity index is 479. The molecule has 2 N–H and O–H groups in total. The van der Waals surface area contributed by atoms with Crippen LogP contribution in [0.1, 0.15) is 6.92 Å². The SMILES string of the molecule is CC(S)C(=O)Nc1ccc(S(=O)(=O)O)cc1. The van der Waals surface area contributed by atoms with Gasteiger partial charge >= 0.3 is 0 Å². The zero-order valence-electron chi connectivity index (χ0n) is 8.41. The summed E-state index contributed by atoms with van der Waals surface area (Å²) in [5.74, 6) is -0.289. The lowest BCUT2D eigenvalue weighted by Gasteiger charge is -2.07. The van der Waals surface area contributed by atoms with E-state index in [1.165, 1.54) is 24.3 Å². The maximum atomic E-state index is 11.2. The topological polar surface area (TPSA) is 83.5 Å². The fourth-order valence-electron chi connectivity index (χ4n) is 0.957. The minimum Gasteiger partial charge on any atom is -0.325 e. The first kappa shape index (κ1) is 13.0. The van der Waals surface area contributed by atoms with E-state index in [1.807, 2.05) is 0 Å². The van der Waals surface area contributed by atoms with Gasteiger partial charge in [0.25, 0.3) is 10.1 Å². The molecule has 0 bridgehead atoms. The molecule has 7 heteroatoms.